The number of halogens is 2. The number of hydrogen-bond acceptors (Lipinski definition) is 4. The fraction of sp³-hybridized carbons (Fsp3) is 0.0625. The lowest BCUT2D eigenvalue weighted by atomic mass is 10.1. The fourth-order valence-corrected chi connectivity index (χ4v) is 2.36. The average Bonchev–Trinajstić information content (AvgIpc) is 3.05. The minimum atomic E-state index is -0.673. The molecule has 3 N–H and O–H groups in total. The Morgan fingerprint density at radius 2 is 1.96 bits per heavy atom. The smallest absolute Gasteiger partial charge is 0.271 e. The van der Waals surface area contributed by atoms with Gasteiger partial charge in [0.25, 0.3) is 5.91 Å². The number of hydrogen-bond donors (Lipinski definition) is 2. The molecule has 122 valence electrons. The number of primary amides is 1. The number of ether oxygens (including phenoxy) is 1. The Morgan fingerprint density at radius 1 is 1.21 bits per heavy atom. The van der Waals surface area contributed by atoms with Crippen LogP contribution in [0.15, 0.2) is 42.5 Å². The molecular formula is C16H12ClFN4O2. The van der Waals surface area contributed by atoms with E-state index in [9.17, 15) is 9.18 Å². The van der Waals surface area contributed by atoms with Crippen molar-refractivity contribution in [3.63, 3.8) is 0 Å². The number of carbonyl (C=O) groups is 1. The van der Waals surface area contributed by atoms with Crippen molar-refractivity contribution in [1.29, 1.82) is 0 Å². The predicted molar refractivity (Wildman–Crippen MR) is 86.1 cm³/mol. The molecule has 0 unspecified atom stereocenters. The van der Waals surface area contributed by atoms with Crippen molar-refractivity contribution in [1.82, 2.24) is 15.4 Å². The van der Waals surface area contributed by atoms with Crippen LogP contribution in [0.3, 0.4) is 0 Å². The first kappa shape index (κ1) is 15.9. The van der Waals surface area contributed by atoms with E-state index < -0.39 is 11.7 Å². The van der Waals surface area contributed by atoms with Gasteiger partial charge in [-0.3, -0.25) is 4.79 Å². The summed E-state index contributed by atoms with van der Waals surface area (Å²) in [5.41, 5.74) is 6.58. The largest absolute Gasteiger partial charge is 0.489 e. The van der Waals surface area contributed by atoms with Crippen molar-refractivity contribution < 1.29 is 13.9 Å². The van der Waals surface area contributed by atoms with Gasteiger partial charge in [-0.15, -0.1) is 0 Å². The van der Waals surface area contributed by atoms with E-state index in [1.54, 1.807) is 30.3 Å². The fourth-order valence-electron chi connectivity index (χ4n) is 2.14. The standard InChI is InChI=1S/C16H12ClFN4O2/c17-12-2-1-3-13(18)11(12)8-24-10-6-4-9(5-7-10)14-15(16(19)23)21-22-20-14/h1-7H,8H2,(H2,19,23)(H,20,21,22). The number of aromatic amines is 1. The Balaban J connectivity index is 1.75. The average molecular weight is 347 g/mol. The molecule has 0 aliphatic heterocycles. The van der Waals surface area contributed by atoms with Gasteiger partial charge in [0.2, 0.25) is 0 Å². The lowest BCUT2D eigenvalue weighted by Crippen LogP contribution is -2.12. The van der Waals surface area contributed by atoms with Gasteiger partial charge >= 0.3 is 0 Å². The predicted octanol–water partition coefficient (Wildman–Crippen LogP) is 2.94. The van der Waals surface area contributed by atoms with Gasteiger partial charge < -0.3 is 10.5 Å². The maximum Gasteiger partial charge on any atom is 0.271 e. The van der Waals surface area contributed by atoms with Gasteiger partial charge in [-0.2, -0.15) is 15.4 Å². The van der Waals surface area contributed by atoms with Gasteiger partial charge in [0.15, 0.2) is 5.69 Å². The molecule has 0 spiro atoms. The number of amides is 1. The summed E-state index contributed by atoms with van der Waals surface area (Å²) in [4.78, 5) is 11.3. The van der Waals surface area contributed by atoms with Gasteiger partial charge in [-0.05, 0) is 36.4 Å². The van der Waals surface area contributed by atoms with Crippen LogP contribution >= 0.6 is 11.6 Å². The Hall–Kier alpha value is -2.93. The molecule has 0 bridgehead atoms. The summed E-state index contributed by atoms with van der Waals surface area (Å²) in [6, 6.07) is 11.2. The first-order valence-electron chi connectivity index (χ1n) is 6.93. The maximum atomic E-state index is 13.7. The van der Waals surface area contributed by atoms with Crippen molar-refractivity contribution >= 4 is 17.5 Å². The van der Waals surface area contributed by atoms with E-state index >= 15 is 0 Å². The third kappa shape index (κ3) is 3.21. The van der Waals surface area contributed by atoms with Crippen molar-refractivity contribution in [2.75, 3.05) is 0 Å². The molecule has 3 aromatic rings. The molecule has 24 heavy (non-hydrogen) atoms. The lowest BCUT2D eigenvalue weighted by molar-refractivity contribution is 0.0996. The van der Waals surface area contributed by atoms with Crippen LogP contribution in [0, 0.1) is 5.82 Å². The van der Waals surface area contributed by atoms with Gasteiger partial charge in [-0.25, -0.2) is 4.39 Å². The zero-order valence-electron chi connectivity index (χ0n) is 12.3. The summed E-state index contributed by atoms with van der Waals surface area (Å²) in [6.45, 7) is 0.00134. The molecule has 0 saturated heterocycles. The number of carbonyl (C=O) groups excluding carboxylic acids is 1. The minimum Gasteiger partial charge on any atom is -0.489 e. The molecule has 0 aliphatic carbocycles. The van der Waals surface area contributed by atoms with Gasteiger partial charge in [0.05, 0.1) is 5.02 Å². The summed E-state index contributed by atoms with van der Waals surface area (Å²) < 4.78 is 19.2. The van der Waals surface area contributed by atoms with E-state index in [4.69, 9.17) is 22.1 Å². The third-order valence-electron chi connectivity index (χ3n) is 3.35. The molecule has 8 heteroatoms. The summed E-state index contributed by atoms with van der Waals surface area (Å²) in [6.07, 6.45) is 0. The number of nitrogens with zero attached hydrogens (tertiary/aromatic N) is 2. The van der Waals surface area contributed by atoms with Crippen molar-refractivity contribution in [2.45, 2.75) is 6.61 Å². The molecule has 2 aromatic carbocycles. The Kier molecular flexibility index (Phi) is 4.43. The van der Waals surface area contributed by atoms with E-state index in [0.29, 0.717) is 22.0 Å². The topological polar surface area (TPSA) is 93.9 Å². The van der Waals surface area contributed by atoms with E-state index in [-0.39, 0.29) is 17.9 Å². The summed E-state index contributed by atoms with van der Waals surface area (Å²) in [5.74, 6) is -0.580. The van der Waals surface area contributed by atoms with Crippen LogP contribution in [-0.2, 0) is 6.61 Å². The molecule has 0 fully saturated rings. The molecular weight excluding hydrogens is 335 g/mol. The number of nitrogens with one attached hydrogen (secondary N) is 1. The van der Waals surface area contributed by atoms with Crippen molar-refractivity contribution in [3.05, 3.63) is 64.6 Å². The van der Waals surface area contributed by atoms with Crippen LogP contribution < -0.4 is 10.5 Å². The monoisotopic (exact) mass is 346 g/mol. The first-order valence-corrected chi connectivity index (χ1v) is 7.30. The molecule has 6 nitrogen and oxygen atoms in total. The number of benzene rings is 2. The zero-order chi connectivity index (χ0) is 17.1. The second-order valence-electron chi connectivity index (χ2n) is 4.90. The van der Waals surface area contributed by atoms with Gasteiger partial charge in [0.1, 0.15) is 23.9 Å². The number of aromatic nitrogens is 3. The third-order valence-corrected chi connectivity index (χ3v) is 3.71. The van der Waals surface area contributed by atoms with Crippen LogP contribution in [0.2, 0.25) is 5.02 Å². The Bertz CT molecular complexity index is 860. The minimum absolute atomic E-state index is 0.00134. The second kappa shape index (κ2) is 6.67. The van der Waals surface area contributed by atoms with Crippen LogP contribution in [0.4, 0.5) is 4.39 Å². The molecule has 1 aromatic heterocycles. The second-order valence-corrected chi connectivity index (χ2v) is 5.31. The number of nitrogens with two attached hydrogens (primary N) is 1. The van der Waals surface area contributed by atoms with E-state index in [1.165, 1.54) is 12.1 Å². The van der Waals surface area contributed by atoms with Crippen LogP contribution in [0.1, 0.15) is 16.1 Å². The Labute approximate surface area is 141 Å². The molecule has 0 saturated carbocycles. The van der Waals surface area contributed by atoms with Gasteiger partial charge in [0, 0.05) is 11.1 Å². The number of H-pyrrole nitrogens is 1. The van der Waals surface area contributed by atoms with E-state index in [1.807, 2.05) is 0 Å². The zero-order valence-corrected chi connectivity index (χ0v) is 13.0. The van der Waals surface area contributed by atoms with Gasteiger partial charge in [-0.1, -0.05) is 17.7 Å². The lowest BCUT2D eigenvalue weighted by Gasteiger charge is -2.09. The summed E-state index contributed by atoms with van der Waals surface area (Å²) in [7, 11) is 0. The maximum absolute atomic E-state index is 13.7. The van der Waals surface area contributed by atoms with E-state index in [2.05, 4.69) is 15.4 Å². The number of rotatable bonds is 5. The van der Waals surface area contributed by atoms with Crippen LogP contribution in [0.5, 0.6) is 5.75 Å². The first-order chi connectivity index (χ1) is 11.6. The molecule has 0 aliphatic rings. The van der Waals surface area contributed by atoms with E-state index in [0.717, 1.165) is 0 Å². The highest BCUT2D eigenvalue weighted by Crippen LogP contribution is 2.24. The highest BCUT2D eigenvalue weighted by molar-refractivity contribution is 6.31. The summed E-state index contributed by atoms with van der Waals surface area (Å²) in [5, 5.41) is 10.3. The summed E-state index contributed by atoms with van der Waals surface area (Å²) >= 11 is 5.95. The highest BCUT2D eigenvalue weighted by atomic mass is 35.5. The quantitative estimate of drug-likeness (QED) is 0.742. The molecule has 0 atom stereocenters. The van der Waals surface area contributed by atoms with Crippen LogP contribution in [-0.4, -0.2) is 21.3 Å². The molecule has 1 heterocycles. The Morgan fingerprint density at radius 3 is 2.62 bits per heavy atom. The highest BCUT2D eigenvalue weighted by Gasteiger charge is 2.15. The van der Waals surface area contributed by atoms with Crippen molar-refractivity contribution in [2.24, 2.45) is 5.73 Å². The van der Waals surface area contributed by atoms with Crippen LogP contribution in [0.25, 0.3) is 11.3 Å². The molecule has 3 rings (SSSR count). The molecule has 0 radical (unpaired) electrons. The SMILES string of the molecule is NC(=O)c1n[nH]nc1-c1ccc(OCc2c(F)cccc2Cl)cc1. The molecule has 1 amide bonds. The van der Waals surface area contributed by atoms with Crippen molar-refractivity contribution in [3.8, 4) is 17.0 Å². The normalized spacial score (nSPS) is 10.6.